The van der Waals surface area contributed by atoms with Gasteiger partial charge in [0.15, 0.2) is 5.17 Å². The first kappa shape index (κ1) is 19.7. The molecule has 0 aliphatic carbocycles. The smallest absolute Gasteiger partial charge is 0.268 e. The van der Waals surface area contributed by atoms with E-state index in [-0.39, 0.29) is 5.91 Å². The van der Waals surface area contributed by atoms with Crippen molar-refractivity contribution in [3.05, 3.63) is 102 Å². The first-order valence-corrected chi connectivity index (χ1v) is 10.2. The van der Waals surface area contributed by atoms with Crippen LogP contribution in [0, 0.1) is 0 Å². The molecule has 1 fully saturated rings. The number of carbonyl (C=O) groups is 1. The summed E-state index contributed by atoms with van der Waals surface area (Å²) in [7, 11) is 1.91. The van der Waals surface area contributed by atoms with Crippen LogP contribution in [0.5, 0.6) is 0 Å². The number of amides is 1. The van der Waals surface area contributed by atoms with Gasteiger partial charge in [-0.15, -0.1) is 0 Å². The molecule has 6 heteroatoms. The minimum Gasteiger partial charge on any atom is -0.268 e. The van der Waals surface area contributed by atoms with Gasteiger partial charge in [-0.1, -0.05) is 43.5 Å². The van der Waals surface area contributed by atoms with Crippen LogP contribution >= 0.6 is 11.8 Å². The molecule has 2 aromatic carbocycles. The van der Waals surface area contributed by atoms with Crippen molar-refractivity contribution in [2.45, 2.75) is 0 Å². The number of carbonyl (C=O) groups excluding carboxylic acids is 1. The quantitative estimate of drug-likeness (QED) is 0.415. The van der Waals surface area contributed by atoms with Crippen molar-refractivity contribution in [1.82, 2.24) is 14.7 Å². The molecule has 0 N–H and O–H groups in total. The Morgan fingerprint density at radius 3 is 2.70 bits per heavy atom. The summed E-state index contributed by atoms with van der Waals surface area (Å²) >= 11 is 1.34. The molecule has 5 nitrogen and oxygen atoms in total. The largest absolute Gasteiger partial charge is 0.271 e. The van der Waals surface area contributed by atoms with Gasteiger partial charge in [-0.05, 0) is 59.8 Å². The van der Waals surface area contributed by atoms with Crippen molar-refractivity contribution in [2.24, 2.45) is 12.0 Å². The monoisotopic (exact) mass is 412 g/mol. The van der Waals surface area contributed by atoms with E-state index in [4.69, 9.17) is 4.99 Å². The van der Waals surface area contributed by atoms with E-state index in [0.29, 0.717) is 15.8 Å². The van der Waals surface area contributed by atoms with Crippen LogP contribution < -0.4 is 0 Å². The maximum atomic E-state index is 13.3. The van der Waals surface area contributed by atoms with Crippen LogP contribution in [0.4, 0.5) is 5.69 Å². The molecule has 0 radical (unpaired) electrons. The fraction of sp³-hybridized carbons (Fsp3) is 0.0417. The summed E-state index contributed by atoms with van der Waals surface area (Å²) in [4.78, 5) is 20.1. The van der Waals surface area contributed by atoms with Crippen molar-refractivity contribution in [3.63, 3.8) is 0 Å². The summed E-state index contributed by atoms with van der Waals surface area (Å²) in [5, 5.41) is 5.88. The Morgan fingerprint density at radius 2 is 1.97 bits per heavy atom. The molecule has 0 unspecified atom stereocenters. The molecule has 1 aromatic heterocycles. The predicted molar refractivity (Wildman–Crippen MR) is 125 cm³/mol. The van der Waals surface area contributed by atoms with E-state index < -0.39 is 0 Å². The average molecular weight is 413 g/mol. The van der Waals surface area contributed by atoms with Gasteiger partial charge in [-0.3, -0.25) is 14.4 Å². The van der Waals surface area contributed by atoms with Crippen molar-refractivity contribution in [3.8, 4) is 0 Å². The summed E-state index contributed by atoms with van der Waals surface area (Å²) in [5.41, 5.74) is 3.37. The number of para-hydroxylation sites is 1. The molecule has 4 rings (SSSR count). The predicted octanol–water partition coefficient (Wildman–Crippen LogP) is 5.43. The van der Waals surface area contributed by atoms with E-state index in [1.54, 1.807) is 23.1 Å². The number of thioether (sulfide) groups is 1. The molecule has 1 aliphatic rings. The minimum absolute atomic E-state index is 0.144. The van der Waals surface area contributed by atoms with E-state index >= 15 is 0 Å². The lowest BCUT2D eigenvalue weighted by atomic mass is 10.1. The molecular formula is C24H20N4OS. The molecule has 0 atom stereocenters. The van der Waals surface area contributed by atoms with E-state index in [1.165, 1.54) is 11.8 Å². The average Bonchev–Trinajstić information content (AvgIpc) is 3.27. The van der Waals surface area contributed by atoms with Gasteiger partial charge in [0.2, 0.25) is 0 Å². The lowest BCUT2D eigenvalue weighted by Crippen LogP contribution is -2.27. The molecule has 0 spiro atoms. The molecule has 1 saturated heterocycles. The number of benzene rings is 2. The van der Waals surface area contributed by atoms with Gasteiger partial charge in [-0.25, -0.2) is 4.99 Å². The molecule has 0 bridgehead atoms. The molecule has 0 saturated carbocycles. The third-order valence-electron chi connectivity index (χ3n) is 4.61. The van der Waals surface area contributed by atoms with Gasteiger partial charge in [-0.2, -0.15) is 5.10 Å². The van der Waals surface area contributed by atoms with E-state index in [0.717, 1.165) is 22.2 Å². The number of aryl methyl sites for hydroxylation is 1. The Kier molecular flexibility index (Phi) is 5.50. The fourth-order valence-corrected chi connectivity index (χ4v) is 4.17. The maximum absolute atomic E-state index is 13.3. The molecule has 148 valence electrons. The first-order valence-electron chi connectivity index (χ1n) is 9.35. The van der Waals surface area contributed by atoms with Crippen LogP contribution in [-0.4, -0.2) is 25.8 Å². The van der Waals surface area contributed by atoms with Crippen molar-refractivity contribution in [2.75, 3.05) is 0 Å². The van der Waals surface area contributed by atoms with Crippen LogP contribution in [0.3, 0.4) is 0 Å². The normalized spacial score (nSPS) is 17.3. The van der Waals surface area contributed by atoms with Gasteiger partial charge in [0.25, 0.3) is 5.91 Å². The lowest BCUT2D eigenvalue weighted by molar-refractivity contribution is -0.120. The summed E-state index contributed by atoms with van der Waals surface area (Å²) in [6.07, 6.45) is 8.71. The third-order valence-corrected chi connectivity index (χ3v) is 5.58. The van der Waals surface area contributed by atoms with Crippen molar-refractivity contribution >= 4 is 45.5 Å². The van der Waals surface area contributed by atoms with Crippen LogP contribution in [0.1, 0.15) is 5.56 Å². The highest BCUT2D eigenvalue weighted by Gasteiger charge is 2.35. The molecular weight excluding hydrogens is 392 g/mol. The lowest BCUT2D eigenvalue weighted by Gasteiger charge is -2.16. The van der Waals surface area contributed by atoms with E-state index in [9.17, 15) is 4.79 Å². The second-order valence-electron chi connectivity index (χ2n) is 6.60. The number of nitrogens with zero attached hydrogens (tertiary/aromatic N) is 4. The maximum Gasteiger partial charge on any atom is 0.271 e. The highest BCUT2D eigenvalue weighted by atomic mass is 32.2. The number of aliphatic imine (C=N–C) groups is 1. The zero-order valence-corrected chi connectivity index (χ0v) is 17.3. The van der Waals surface area contributed by atoms with Crippen LogP contribution in [0.2, 0.25) is 0 Å². The Morgan fingerprint density at radius 1 is 1.17 bits per heavy atom. The number of amidine groups is 1. The number of aromatic nitrogens is 2. The van der Waals surface area contributed by atoms with Crippen molar-refractivity contribution < 1.29 is 4.79 Å². The number of hydrogen-bond donors (Lipinski definition) is 0. The molecule has 30 heavy (non-hydrogen) atoms. The summed E-state index contributed by atoms with van der Waals surface area (Å²) in [6.45, 7) is 7.58. The fourth-order valence-electron chi connectivity index (χ4n) is 3.17. The zero-order valence-electron chi connectivity index (χ0n) is 16.5. The topological polar surface area (TPSA) is 50.5 Å². The van der Waals surface area contributed by atoms with Crippen LogP contribution in [0.15, 0.2) is 102 Å². The number of allylic oxidation sites excluding steroid dienone is 3. The van der Waals surface area contributed by atoms with Crippen molar-refractivity contribution in [1.29, 1.82) is 0 Å². The Labute approximate surface area is 179 Å². The van der Waals surface area contributed by atoms with Gasteiger partial charge in [0.05, 0.1) is 28.0 Å². The van der Waals surface area contributed by atoms with E-state index in [1.807, 2.05) is 72.5 Å². The highest BCUT2D eigenvalue weighted by Crippen LogP contribution is 2.37. The molecule has 3 aromatic rings. The molecule has 1 aliphatic heterocycles. The summed E-state index contributed by atoms with van der Waals surface area (Å²) in [6, 6.07) is 15.6. The Balaban J connectivity index is 1.77. The van der Waals surface area contributed by atoms with Crippen LogP contribution in [-0.2, 0) is 11.8 Å². The highest BCUT2D eigenvalue weighted by molar-refractivity contribution is 8.18. The zero-order chi connectivity index (χ0) is 21.1. The minimum atomic E-state index is -0.144. The van der Waals surface area contributed by atoms with Gasteiger partial charge in [0.1, 0.15) is 0 Å². The number of fused-ring (bicyclic) bond motifs is 1. The van der Waals surface area contributed by atoms with Gasteiger partial charge in [0, 0.05) is 12.4 Å². The summed E-state index contributed by atoms with van der Waals surface area (Å²) in [5.74, 6) is -0.144. The molecule has 2 heterocycles. The first-order chi connectivity index (χ1) is 14.6. The van der Waals surface area contributed by atoms with Gasteiger partial charge >= 0.3 is 0 Å². The molecule has 1 amide bonds. The number of rotatable bonds is 5. The third kappa shape index (κ3) is 3.77. The van der Waals surface area contributed by atoms with Crippen LogP contribution in [0.25, 0.3) is 17.0 Å². The van der Waals surface area contributed by atoms with E-state index in [2.05, 4.69) is 18.3 Å². The van der Waals surface area contributed by atoms with Gasteiger partial charge < -0.3 is 0 Å². The summed E-state index contributed by atoms with van der Waals surface area (Å²) < 4.78 is 1.82. The Bertz CT molecular complexity index is 1230. The second-order valence-corrected chi connectivity index (χ2v) is 7.61. The second kappa shape index (κ2) is 8.39. The number of hydrogen-bond acceptors (Lipinski definition) is 4. The Hall–Kier alpha value is -3.64. The standard InChI is InChI=1S/C24H20N4OS/c1-4-9-20(5-2)28-23(29)22(30-24(28)26-19-10-7-6-8-11-19)15-17-12-13-21-18(14-17)16-25-27(21)3/h4-16H,1-2H2,3H3/b20-9+,22-15-,26-24?. The SMILES string of the molecule is C=C/C=C(\C=C)N1C(=O)/C(=C/c2ccc3c(cnn3C)c2)SC1=Nc1ccccc1.